The molecule has 2 bridgehead atoms. The van der Waals surface area contributed by atoms with Gasteiger partial charge in [0.15, 0.2) is 0 Å². The van der Waals surface area contributed by atoms with Gasteiger partial charge in [-0.05, 0) is 25.0 Å². The summed E-state index contributed by atoms with van der Waals surface area (Å²) in [5, 5.41) is 12.1. The number of carbonyl (C=O) groups excluding carboxylic acids is 1. The number of rotatable bonds is 4. The predicted octanol–water partition coefficient (Wildman–Crippen LogP) is 1.16. The number of pyridine rings is 1. The summed E-state index contributed by atoms with van der Waals surface area (Å²) < 4.78 is 6.43. The van der Waals surface area contributed by atoms with Crippen LogP contribution in [0.2, 0.25) is 0 Å². The lowest BCUT2D eigenvalue weighted by Crippen LogP contribution is -2.42. The van der Waals surface area contributed by atoms with E-state index in [-0.39, 0.29) is 23.5 Å². The highest BCUT2D eigenvalue weighted by Crippen LogP contribution is 2.55. The third-order valence-electron chi connectivity index (χ3n) is 6.25. The molecule has 0 aliphatic carbocycles. The summed E-state index contributed by atoms with van der Waals surface area (Å²) >= 11 is 0. The minimum atomic E-state index is -0.205. The molecule has 0 unspecified atom stereocenters. The summed E-state index contributed by atoms with van der Waals surface area (Å²) in [6.45, 7) is 2.17. The Balaban J connectivity index is 1.31. The normalized spacial score (nSPS) is 30.1. The average Bonchev–Trinajstić information content (AvgIpc) is 3.41. The zero-order chi connectivity index (χ0) is 19.1. The molecule has 0 saturated carbocycles. The number of aromatic nitrogens is 3. The van der Waals surface area contributed by atoms with Gasteiger partial charge < -0.3 is 15.0 Å². The number of hydrogen-bond donors (Lipinski definition) is 1. The van der Waals surface area contributed by atoms with Crippen LogP contribution in [0.3, 0.4) is 0 Å². The molecule has 1 amide bonds. The fourth-order valence-corrected chi connectivity index (χ4v) is 5.02. The zero-order valence-electron chi connectivity index (χ0n) is 15.3. The van der Waals surface area contributed by atoms with Crippen molar-refractivity contribution in [2.75, 3.05) is 24.5 Å². The van der Waals surface area contributed by atoms with Crippen LogP contribution in [0.15, 0.2) is 36.8 Å². The highest BCUT2D eigenvalue weighted by atomic mass is 16.5. The van der Waals surface area contributed by atoms with E-state index < -0.39 is 0 Å². The van der Waals surface area contributed by atoms with E-state index in [2.05, 4.69) is 31.2 Å². The molecule has 4 atom stereocenters. The largest absolute Gasteiger partial charge is 0.369 e. The van der Waals surface area contributed by atoms with Gasteiger partial charge in [0, 0.05) is 43.9 Å². The molecule has 1 N–H and O–H groups in total. The fraction of sp³-hybridized carbons (Fsp3) is 0.450. The van der Waals surface area contributed by atoms with Crippen LogP contribution in [0, 0.1) is 23.2 Å². The first kappa shape index (κ1) is 17.1. The molecule has 2 aromatic heterocycles. The molecule has 5 heterocycles. The van der Waals surface area contributed by atoms with E-state index in [1.54, 1.807) is 12.3 Å². The van der Waals surface area contributed by atoms with Crippen LogP contribution >= 0.6 is 0 Å². The van der Waals surface area contributed by atoms with Gasteiger partial charge in [0.2, 0.25) is 0 Å². The van der Waals surface area contributed by atoms with Crippen LogP contribution < -0.4 is 10.2 Å². The van der Waals surface area contributed by atoms with Crippen LogP contribution in [-0.4, -0.2) is 52.2 Å². The van der Waals surface area contributed by atoms with E-state index in [0.29, 0.717) is 23.9 Å². The molecule has 3 aliphatic heterocycles. The van der Waals surface area contributed by atoms with E-state index in [9.17, 15) is 4.79 Å². The predicted molar refractivity (Wildman–Crippen MR) is 99.3 cm³/mol. The first-order valence-electron chi connectivity index (χ1n) is 9.53. The summed E-state index contributed by atoms with van der Waals surface area (Å²) in [7, 11) is 0. The van der Waals surface area contributed by atoms with Crippen LogP contribution in [0.25, 0.3) is 0 Å². The Morgan fingerprint density at radius 1 is 1.43 bits per heavy atom. The molecule has 1 spiro atoms. The smallest absolute Gasteiger partial charge is 0.271 e. The highest BCUT2D eigenvalue weighted by molar-refractivity contribution is 5.91. The van der Waals surface area contributed by atoms with Gasteiger partial charge in [-0.2, -0.15) is 5.26 Å². The molecular weight excluding hydrogens is 356 g/mol. The van der Waals surface area contributed by atoms with Crippen LogP contribution in [-0.2, 0) is 4.74 Å². The van der Waals surface area contributed by atoms with Crippen molar-refractivity contribution in [3.63, 3.8) is 0 Å². The third-order valence-corrected chi connectivity index (χ3v) is 6.25. The molecule has 2 aromatic rings. The zero-order valence-corrected chi connectivity index (χ0v) is 15.3. The van der Waals surface area contributed by atoms with Gasteiger partial charge in [-0.3, -0.25) is 9.78 Å². The lowest BCUT2D eigenvalue weighted by Gasteiger charge is -2.29. The Morgan fingerprint density at radius 2 is 2.36 bits per heavy atom. The van der Waals surface area contributed by atoms with Gasteiger partial charge in [0.25, 0.3) is 5.91 Å². The molecule has 28 heavy (non-hydrogen) atoms. The van der Waals surface area contributed by atoms with Crippen molar-refractivity contribution in [1.29, 1.82) is 5.26 Å². The summed E-state index contributed by atoms with van der Waals surface area (Å²) in [6.07, 6.45) is 6.77. The van der Waals surface area contributed by atoms with Gasteiger partial charge in [0.1, 0.15) is 23.3 Å². The minimum Gasteiger partial charge on any atom is -0.369 e. The van der Waals surface area contributed by atoms with Gasteiger partial charge >= 0.3 is 0 Å². The second kappa shape index (κ2) is 6.53. The third kappa shape index (κ3) is 2.70. The fourth-order valence-electron chi connectivity index (χ4n) is 5.02. The van der Waals surface area contributed by atoms with Crippen molar-refractivity contribution in [2.45, 2.75) is 24.5 Å². The molecule has 0 aromatic carbocycles. The number of amides is 1. The second-order valence-corrected chi connectivity index (χ2v) is 7.70. The van der Waals surface area contributed by atoms with Crippen LogP contribution in [0.1, 0.15) is 29.0 Å². The number of hydrogen-bond acceptors (Lipinski definition) is 7. The van der Waals surface area contributed by atoms with Crippen molar-refractivity contribution in [1.82, 2.24) is 20.3 Å². The van der Waals surface area contributed by atoms with Crippen molar-refractivity contribution in [3.05, 3.63) is 48.2 Å². The highest BCUT2D eigenvalue weighted by Gasteiger charge is 2.63. The lowest BCUT2D eigenvalue weighted by molar-refractivity contribution is 0.0141. The number of ether oxygens (including phenoxy) is 1. The number of carbonyl (C=O) groups is 1. The quantitative estimate of drug-likeness (QED) is 0.854. The standard InChI is InChI=1S/C20H20N6O2/c21-8-13-2-1-3-18(25-13)26-11-15-14(17-4-5-20(15,12-26)28-17)9-24-19(27)16-10-22-6-7-23-16/h1-3,6-7,10,14-15,17H,4-5,9,11-12H2,(H,24,27)/t14-,15+,17+,20+/m0/s1. The number of nitrogens with one attached hydrogen (secondary N) is 1. The average molecular weight is 376 g/mol. The van der Waals surface area contributed by atoms with Crippen molar-refractivity contribution in [2.24, 2.45) is 11.8 Å². The summed E-state index contributed by atoms with van der Waals surface area (Å²) in [4.78, 5) is 27.0. The lowest BCUT2D eigenvalue weighted by atomic mass is 9.73. The van der Waals surface area contributed by atoms with Gasteiger partial charge in [-0.15, -0.1) is 0 Å². The SMILES string of the molecule is N#Cc1cccc(N2C[C@@H]3[C@H](CNC(=O)c4cnccn4)[C@H]4CC[C@]3(C2)O4)n1. The van der Waals surface area contributed by atoms with E-state index in [0.717, 1.165) is 31.7 Å². The van der Waals surface area contributed by atoms with Gasteiger partial charge in [-0.1, -0.05) is 6.07 Å². The maximum Gasteiger partial charge on any atom is 0.271 e. The van der Waals surface area contributed by atoms with Crippen LogP contribution in [0.4, 0.5) is 5.82 Å². The Morgan fingerprint density at radius 3 is 3.18 bits per heavy atom. The first-order chi connectivity index (χ1) is 13.7. The Bertz CT molecular complexity index is 945. The molecule has 3 aliphatic rings. The van der Waals surface area contributed by atoms with Gasteiger partial charge in [0.05, 0.1) is 17.9 Å². The summed E-state index contributed by atoms with van der Waals surface area (Å²) in [6, 6.07) is 7.62. The van der Waals surface area contributed by atoms with Gasteiger partial charge in [-0.25, -0.2) is 9.97 Å². The maximum atomic E-state index is 12.3. The Hall–Kier alpha value is -3.05. The number of nitrogens with zero attached hydrogens (tertiary/aromatic N) is 5. The topological polar surface area (TPSA) is 104 Å². The molecule has 142 valence electrons. The van der Waals surface area contributed by atoms with E-state index >= 15 is 0 Å². The Labute approximate surface area is 162 Å². The molecule has 5 rings (SSSR count). The summed E-state index contributed by atoms with van der Waals surface area (Å²) in [5.41, 5.74) is 0.577. The van der Waals surface area contributed by atoms with E-state index in [1.165, 1.54) is 12.4 Å². The number of fused-ring (bicyclic) bond motifs is 1. The molecule has 8 heteroatoms. The monoisotopic (exact) mass is 376 g/mol. The van der Waals surface area contributed by atoms with Crippen molar-refractivity contribution in [3.8, 4) is 6.07 Å². The maximum absolute atomic E-state index is 12.3. The summed E-state index contributed by atoms with van der Waals surface area (Å²) in [5.74, 6) is 1.21. The molecule has 3 saturated heterocycles. The molecular formula is C20H20N6O2. The van der Waals surface area contributed by atoms with E-state index in [4.69, 9.17) is 10.00 Å². The molecule has 8 nitrogen and oxygen atoms in total. The Kier molecular flexibility index (Phi) is 3.98. The van der Waals surface area contributed by atoms with Crippen molar-refractivity contribution < 1.29 is 9.53 Å². The first-order valence-corrected chi connectivity index (χ1v) is 9.53. The van der Waals surface area contributed by atoms with Crippen molar-refractivity contribution >= 4 is 11.7 Å². The van der Waals surface area contributed by atoms with E-state index in [1.807, 2.05) is 12.1 Å². The minimum absolute atomic E-state index is 0.170. The van der Waals surface area contributed by atoms with Crippen LogP contribution in [0.5, 0.6) is 0 Å². The second-order valence-electron chi connectivity index (χ2n) is 7.70. The molecule has 0 radical (unpaired) electrons. The molecule has 3 fully saturated rings. The number of anilines is 1. The number of nitriles is 1.